The topological polar surface area (TPSA) is 107 Å². The van der Waals surface area contributed by atoms with Gasteiger partial charge in [0, 0.05) is 0 Å². The maximum Gasteiger partial charge on any atom is 0.335 e. The molecule has 11 heavy (non-hydrogen) atoms. The maximum atomic E-state index is 10.2. The summed E-state index contributed by atoms with van der Waals surface area (Å²) in [5.74, 6) is -1.41. The highest BCUT2D eigenvalue weighted by Gasteiger charge is 2.45. The number of aliphatic hydroxyl groups excluding tert-OH is 3. The van der Waals surface area contributed by atoms with E-state index in [0.717, 1.165) is 0 Å². The Morgan fingerprint density at radius 1 is 1.18 bits per heavy atom. The van der Waals surface area contributed by atoms with E-state index >= 15 is 0 Å². The zero-order valence-corrected chi connectivity index (χ0v) is 5.41. The average Bonchev–Trinajstić information content (AvgIpc) is 2.17. The lowest BCUT2D eigenvalue weighted by molar-refractivity contribution is -0.165. The monoisotopic (exact) mass is 164 g/mol. The number of aliphatic hydroxyl groups is 3. The van der Waals surface area contributed by atoms with E-state index in [1.54, 1.807) is 0 Å². The molecule has 0 bridgehead atoms. The zero-order chi connectivity index (χ0) is 8.59. The molecule has 0 amide bonds. The molecule has 6 nitrogen and oxygen atoms in total. The third kappa shape index (κ3) is 1.33. The van der Waals surface area contributed by atoms with Gasteiger partial charge >= 0.3 is 5.97 Å². The van der Waals surface area contributed by atoms with Crippen molar-refractivity contribution < 1.29 is 30.0 Å². The molecule has 4 atom stereocenters. The summed E-state index contributed by atoms with van der Waals surface area (Å²) >= 11 is 0. The van der Waals surface area contributed by atoms with Crippen LogP contribution >= 0.6 is 0 Å². The number of carboxylic acids is 1. The third-order valence-electron chi connectivity index (χ3n) is 1.48. The molecule has 64 valence electrons. The van der Waals surface area contributed by atoms with Crippen molar-refractivity contribution in [2.24, 2.45) is 0 Å². The number of ether oxygens (including phenoxy) is 1. The van der Waals surface area contributed by atoms with E-state index in [0.29, 0.717) is 0 Å². The number of aliphatic carboxylic acids is 1. The first kappa shape index (κ1) is 8.41. The number of carboxylic acid groups (broad SMARTS) is 1. The molecule has 0 radical (unpaired) electrons. The van der Waals surface area contributed by atoms with Crippen LogP contribution in [0.4, 0.5) is 0 Å². The lowest BCUT2D eigenvalue weighted by Gasteiger charge is -2.08. The van der Waals surface area contributed by atoms with Gasteiger partial charge in [-0.05, 0) is 0 Å². The molecule has 0 unspecified atom stereocenters. The second kappa shape index (κ2) is 2.74. The molecule has 0 aromatic carbocycles. The first-order chi connectivity index (χ1) is 5.04. The minimum absolute atomic E-state index is 1.41. The maximum absolute atomic E-state index is 10.2. The summed E-state index contributed by atoms with van der Waals surface area (Å²) in [4.78, 5) is 10.2. The van der Waals surface area contributed by atoms with Crippen molar-refractivity contribution in [1.82, 2.24) is 0 Å². The largest absolute Gasteiger partial charge is 0.479 e. The Kier molecular flexibility index (Phi) is 2.10. The first-order valence-electron chi connectivity index (χ1n) is 2.96. The van der Waals surface area contributed by atoms with Crippen molar-refractivity contribution >= 4 is 5.97 Å². The second-order valence-corrected chi connectivity index (χ2v) is 2.27. The van der Waals surface area contributed by atoms with Gasteiger partial charge < -0.3 is 25.2 Å². The van der Waals surface area contributed by atoms with E-state index in [2.05, 4.69) is 4.74 Å². The van der Waals surface area contributed by atoms with E-state index in [1.165, 1.54) is 0 Å². The number of hydrogen-bond acceptors (Lipinski definition) is 5. The van der Waals surface area contributed by atoms with E-state index in [-0.39, 0.29) is 0 Å². The van der Waals surface area contributed by atoms with Crippen LogP contribution in [0.3, 0.4) is 0 Å². The van der Waals surface area contributed by atoms with Crippen LogP contribution in [0.25, 0.3) is 0 Å². The van der Waals surface area contributed by atoms with Crippen molar-refractivity contribution in [3.05, 3.63) is 0 Å². The van der Waals surface area contributed by atoms with Crippen molar-refractivity contribution in [3.63, 3.8) is 0 Å². The smallest absolute Gasteiger partial charge is 0.335 e. The lowest BCUT2D eigenvalue weighted by Crippen LogP contribution is -2.36. The van der Waals surface area contributed by atoms with E-state index < -0.39 is 30.6 Å². The van der Waals surface area contributed by atoms with E-state index in [1.807, 2.05) is 0 Å². The highest BCUT2D eigenvalue weighted by atomic mass is 16.7. The molecule has 1 fully saturated rings. The predicted molar refractivity (Wildman–Crippen MR) is 30.5 cm³/mol. The highest BCUT2D eigenvalue weighted by molar-refractivity contribution is 5.73. The highest BCUT2D eigenvalue weighted by Crippen LogP contribution is 2.19. The molecule has 1 saturated heterocycles. The summed E-state index contributed by atoms with van der Waals surface area (Å²) in [6.45, 7) is 0. The Bertz CT molecular complexity index is 168. The van der Waals surface area contributed by atoms with Gasteiger partial charge in [-0.1, -0.05) is 0 Å². The van der Waals surface area contributed by atoms with Crippen molar-refractivity contribution in [2.75, 3.05) is 0 Å². The van der Waals surface area contributed by atoms with Gasteiger partial charge in [-0.15, -0.1) is 0 Å². The fourth-order valence-electron chi connectivity index (χ4n) is 0.863. The molecule has 4 N–H and O–H groups in total. The van der Waals surface area contributed by atoms with Gasteiger partial charge in [0.2, 0.25) is 0 Å². The number of hydrogen-bond donors (Lipinski definition) is 4. The molecular weight excluding hydrogens is 156 g/mol. The molecule has 0 aromatic rings. The van der Waals surface area contributed by atoms with Crippen LogP contribution in [-0.4, -0.2) is 51.0 Å². The van der Waals surface area contributed by atoms with Crippen LogP contribution in [0.15, 0.2) is 0 Å². The molecule has 0 saturated carbocycles. The quantitative estimate of drug-likeness (QED) is 0.341. The molecule has 1 aliphatic rings. The standard InChI is InChI=1S/C5H8O6/c6-1-2(7)5(10)11-3(1)4(8)9/h1-3,5-7,10H,(H,8,9)/t1-,2+,3-,5-/m0/s1. The zero-order valence-electron chi connectivity index (χ0n) is 5.41. The Morgan fingerprint density at radius 2 is 1.73 bits per heavy atom. The normalized spacial score (nSPS) is 44.3. The molecule has 0 aliphatic carbocycles. The molecule has 0 aromatic heterocycles. The Labute approximate surface area is 61.6 Å². The third-order valence-corrected chi connectivity index (χ3v) is 1.48. The number of rotatable bonds is 1. The van der Waals surface area contributed by atoms with Gasteiger partial charge in [0.15, 0.2) is 12.4 Å². The fourth-order valence-corrected chi connectivity index (χ4v) is 0.863. The molecule has 1 heterocycles. The van der Waals surface area contributed by atoms with Crippen LogP contribution in [0.5, 0.6) is 0 Å². The molecule has 6 heteroatoms. The van der Waals surface area contributed by atoms with Crippen LogP contribution in [0.2, 0.25) is 0 Å². The molecule has 1 rings (SSSR count). The van der Waals surface area contributed by atoms with Crippen LogP contribution in [0, 0.1) is 0 Å². The summed E-state index contributed by atoms with van der Waals surface area (Å²) < 4.78 is 4.30. The predicted octanol–water partition coefficient (Wildman–Crippen LogP) is -2.49. The molecule has 1 aliphatic heterocycles. The Hall–Kier alpha value is -0.690. The Morgan fingerprint density at radius 3 is 1.91 bits per heavy atom. The summed E-state index contributed by atoms with van der Waals surface area (Å²) in [6, 6.07) is 0. The summed E-state index contributed by atoms with van der Waals surface area (Å²) in [6.07, 6.45) is -6.27. The number of carbonyl (C=O) groups is 1. The van der Waals surface area contributed by atoms with Crippen LogP contribution in [-0.2, 0) is 9.53 Å². The molecule has 0 spiro atoms. The van der Waals surface area contributed by atoms with Crippen molar-refractivity contribution in [2.45, 2.75) is 24.6 Å². The van der Waals surface area contributed by atoms with Crippen LogP contribution < -0.4 is 0 Å². The summed E-state index contributed by atoms with van der Waals surface area (Å²) in [5.41, 5.74) is 0. The van der Waals surface area contributed by atoms with Crippen LogP contribution in [0.1, 0.15) is 0 Å². The van der Waals surface area contributed by atoms with Gasteiger partial charge in [0.25, 0.3) is 0 Å². The lowest BCUT2D eigenvalue weighted by atomic mass is 10.1. The molecular formula is C5H8O6. The summed E-state index contributed by atoms with van der Waals surface area (Å²) in [7, 11) is 0. The minimum atomic E-state index is -1.62. The van der Waals surface area contributed by atoms with E-state index in [4.69, 9.17) is 20.4 Å². The summed E-state index contributed by atoms with van der Waals surface area (Å²) in [5, 5.41) is 34.7. The van der Waals surface area contributed by atoms with Crippen molar-refractivity contribution in [3.8, 4) is 0 Å². The SMILES string of the molecule is O=C(O)[C@H]1O[C@H](O)[C@H](O)[C@@H]1O. The first-order valence-corrected chi connectivity index (χ1v) is 2.96. The van der Waals surface area contributed by atoms with Gasteiger partial charge in [-0.25, -0.2) is 4.79 Å². The Balaban J connectivity index is 2.67. The fraction of sp³-hybridized carbons (Fsp3) is 0.800. The van der Waals surface area contributed by atoms with E-state index in [9.17, 15) is 4.79 Å². The van der Waals surface area contributed by atoms with Gasteiger partial charge in [0.05, 0.1) is 0 Å². The van der Waals surface area contributed by atoms with Crippen molar-refractivity contribution in [1.29, 1.82) is 0 Å². The minimum Gasteiger partial charge on any atom is -0.479 e. The average molecular weight is 164 g/mol. The second-order valence-electron chi connectivity index (χ2n) is 2.27. The van der Waals surface area contributed by atoms with Gasteiger partial charge in [0.1, 0.15) is 12.2 Å². The van der Waals surface area contributed by atoms with Gasteiger partial charge in [-0.2, -0.15) is 0 Å². The van der Waals surface area contributed by atoms with Gasteiger partial charge in [-0.3, -0.25) is 0 Å².